The van der Waals surface area contributed by atoms with Gasteiger partial charge < -0.3 is 0 Å². The van der Waals surface area contributed by atoms with Gasteiger partial charge in [-0.15, -0.1) is 12.4 Å². The average Bonchev–Trinajstić information content (AvgIpc) is 1.72. The molecule has 0 aliphatic carbocycles. The summed E-state index contributed by atoms with van der Waals surface area (Å²) in [6.45, 7) is 0. The molecule has 0 atom stereocenters. The third-order valence-corrected chi connectivity index (χ3v) is 1.11. The first kappa shape index (κ1) is 10.8. The molecular formula is C2H10ClN4S+. The van der Waals surface area contributed by atoms with Crippen LogP contribution in [0.15, 0.2) is 0 Å². The summed E-state index contributed by atoms with van der Waals surface area (Å²) in [5.74, 6) is 9.89. The smallest absolute Gasteiger partial charge is 0.275 e. The van der Waals surface area contributed by atoms with Crippen molar-refractivity contribution in [1.29, 1.82) is 0 Å². The van der Waals surface area contributed by atoms with Crippen molar-refractivity contribution in [1.82, 2.24) is 5.43 Å². The minimum Gasteiger partial charge on any atom is -0.275 e. The molecule has 0 saturated heterocycles. The van der Waals surface area contributed by atoms with Gasteiger partial charge in [-0.25, -0.2) is 0 Å². The third-order valence-electron chi connectivity index (χ3n) is 0.466. The van der Waals surface area contributed by atoms with Crippen molar-refractivity contribution in [2.75, 3.05) is 6.26 Å². The molecule has 0 spiro atoms. The molecule has 0 aliphatic heterocycles. The summed E-state index contributed by atoms with van der Waals surface area (Å²) < 4.78 is 0. The predicted octanol–water partition coefficient (Wildman–Crippen LogP) is -2.46. The lowest BCUT2D eigenvalue weighted by Crippen LogP contribution is -2.82. The van der Waals surface area contributed by atoms with Gasteiger partial charge in [-0.1, -0.05) is 0 Å². The first-order valence-electron chi connectivity index (χ1n) is 1.69. The van der Waals surface area contributed by atoms with Gasteiger partial charge in [0.2, 0.25) is 0 Å². The van der Waals surface area contributed by atoms with Gasteiger partial charge in [0, 0.05) is 0 Å². The fourth-order valence-electron chi connectivity index (χ4n) is 0.160. The van der Waals surface area contributed by atoms with Crippen molar-refractivity contribution in [3.63, 3.8) is 0 Å². The molecule has 0 heterocycles. The van der Waals surface area contributed by atoms with Gasteiger partial charge >= 0.3 is 5.17 Å². The Morgan fingerprint density at radius 1 is 1.75 bits per heavy atom. The molecule has 0 radical (unpaired) electrons. The molecule has 50 valence electrons. The number of rotatable bonds is 0. The maximum absolute atomic E-state index is 4.94. The number of nitrogens with two attached hydrogens (primary N) is 2. The highest BCUT2D eigenvalue weighted by atomic mass is 35.5. The summed E-state index contributed by atoms with van der Waals surface area (Å²) >= 11 is 1.41. The molecule has 8 heavy (non-hydrogen) atoms. The molecule has 0 fully saturated rings. The van der Waals surface area contributed by atoms with Crippen molar-refractivity contribution in [2.45, 2.75) is 0 Å². The number of nitrogens with one attached hydrogen (secondary N) is 2. The molecule has 0 aromatic heterocycles. The lowest BCUT2D eigenvalue weighted by Gasteiger charge is -1.85. The van der Waals surface area contributed by atoms with Crippen molar-refractivity contribution in [2.24, 2.45) is 11.7 Å². The first-order chi connectivity index (χ1) is 3.35. The maximum atomic E-state index is 4.94. The largest absolute Gasteiger partial charge is 0.344 e. The van der Waals surface area contributed by atoms with E-state index in [1.807, 2.05) is 6.26 Å². The van der Waals surface area contributed by atoms with Crippen LogP contribution in [0.25, 0.3) is 0 Å². The predicted molar refractivity (Wildman–Crippen MR) is 38.2 cm³/mol. The van der Waals surface area contributed by atoms with Crippen LogP contribution in [0.4, 0.5) is 0 Å². The second-order valence-electron chi connectivity index (χ2n) is 0.822. The van der Waals surface area contributed by atoms with E-state index in [1.54, 1.807) is 0 Å². The second kappa shape index (κ2) is 6.87. The lowest BCUT2D eigenvalue weighted by atomic mass is 11.3. The summed E-state index contributed by atoms with van der Waals surface area (Å²) in [6.07, 6.45) is 1.86. The molecule has 0 aromatic carbocycles. The fraction of sp³-hybridized carbons (Fsp3) is 0.500. The minimum atomic E-state index is 0. The monoisotopic (exact) mass is 157 g/mol. The topological polar surface area (TPSA) is 78.0 Å². The van der Waals surface area contributed by atoms with Crippen LogP contribution >= 0.6 is 24.2 Å². The molecule has 6 N–H and O–H groups in total. The zero-order valence-electron chi connectivity index (χ0n) is 4.47. The van der Waals surface area contributed by atoms with E-state index in [9.17, 15) is 0 Å². The van der Waals surface area contributed by atoms with Crippen LogP contribution in [0, 0.1) is 0 Å². The molecule has 0 aliphatic rings. The van der Waals surface area contributed by atoms with Crippen molar-refractivity contribution < 1.29 is 5.10 Å². The Labute approximate surface area is 58.4 Å². The Morgan fingerprint density at radius 3 is 2.25 bits per heavy atom. The van der Waals surface area contributed by atoms with Crippen LogP contribution in [0.5, 0.6) is 0 Å². The van der Waals surface area contributed by atoms with E-state index in [2.05, 4.69) is 10.5 Å². The van der Waals surface area contributed by atoms with Gasteiger partial charge in [-0.3, -0.25) is 5.84 Å². The maximum Gasteiger partial charge on any atom is 0.344 e. The van der Waals surface area contributed by atoms with Gasteiger partial charge in [0.05, 0.1) is 0 Å². The number of hydrogen-bond acceptors (Lipinski definition) is 3. The van der Waals surface area contributed by atoms with Crippen molar-refractivity contribution in [3.05, 3.63) is 0 Å². The zero-order valence-corrected chi connectivity index (χ0v) is 6.10. The van der Waals surface area contributed by atoms with Crippen molar-refractivity contribution in [3.8, 4) is 0 Å². The van der Waals surface area contributed by atoms with Crippen molar-refractivity contribution >= 4 is 29.3 Å². The Bertz CT molecular complexity index is 68.4. The standard InChI is InChI=1S/C2H8N4S.ClH/c1-7-2(5-3)6-4;/h3-4H2,1H3,(H,5,6);1H/p+1. The van der Waals surface area contributed by atoms with E-state index in [0.717, 1.165) is 0 Å². The van der Waals surface area contributed by atoms with Crippen LogP contribution in [0.1, 0.15) is 0 Å². The molecule has 0 bridgehead atoms. The Balaban J connectivity index is 0. The minimum absolute atomic E-state index is 0. The molecule has 0 aromatic rings. The van der Waals surface area contributed by atoms with Gasteiger partial charge in [0.15, 0.2) is 0 Å². The van der Waals surface area contributed by atoms with Gasteiger partial charge in [-0.2, -0.15) is 16.4 Å². The summed E-state index contributed by atoms with van der Waals surface area (Å²) in [5, 5.41) is 3.00. The SMILES string of the molecule is CSC(NN)=[NH+]N.Cl. The third kappa shape index (κ3) is 4.04. The van der Waals surface area contributed by atoms with Gasteiger partial charge in [-0.05, 0) is 18.0 Å². The number of hydrazone groups is 1. The van der Waals surface area contributed by atoms with Gasteiger partial charge in [0.1, 0.15) is 0 Å². The summed E-state index contributed by atoms with van der Waals surface area (Å²) in [7, 11) is 0. The number of amidine groups is 1. The van der Waals surface area contributed by atoms with E-state index in [4.69, 9.17) is 11.7 Å². The van der Waals surface area contributed by atoms with Crippen LogP contribution in [-0.2, 0) is 0 Å². The quantitative estimate of drug-likeness (QED) is 0.136. The second-order valence-corrected chi connectivity index (χ2v) is 1.64. The summed E-state index contributed by atoms with van der Waals surface area (Å²) in [5.41, 5.74) is 2.34. The summed E-state index contributed by atoms with van der Waals surface area (Å²) in [6, 6.07) is 0. The Morgan fingerprint density at radius 2 is 2.25 bits per heavy atom. The molecule has 0 saturated carbocycles. The first-order valence-corrected chi connectivity index (χ1v) is 2.91. The van der Waals surface area contributed by atoms with Crippen LogP contribution in [0.3, 0.4) is 0 Å². The highest BCUT2D eigenvalue weighted by Gasteiger charge is 1.94. The highest BCUT2D eigenvalue weighted by Crippen LogP contribution is 1.82. The highest BCUT2D eigenvalue weighted by molar-refractivity contribution is 8.12. The zero-order chi connectivity index (χ0) is 5.70. The normalized spacial score (nSPS) is 10.0. The average molecular weight is 158 g/mol. The van der Waals surface area contributed by atoms with E-state index >= 15 is 0 Å². The van der Waals surface area contributed by atoms with Crippen LogP contribution in [-0.4, -0.2) is 11.4 Å². The number of thioether (sulfide) groups is 1. The van der Waals surface area contributed by atoms with E-state index in [1.165, 1.54) is 11.8 Å². The molecule has 6 heteroatoms. The Kier molecular flexibility index (Phi) is 9.26. The molecule has 0 unspecified atom stereocenters. The van der Waals surface area contributed by atoms with E-state index in [0.29, 0.717) is 5.17 Å². The molecule has 4 nitrogen and oxygen atoms in total. The summed E-state index contributed by atoms with van der Waals surface area (Å²) in [4.78, 5) is 0. The van der Waals surface area contributed by atoms with Crippen LogP contribution < -0.4 is 22.2 Å². The molecular weight excluding hydrogens is 148 g/mol. The number of hydrazine groups is 2. The van der Waals surface area contributed by atoms with E-state index in [-0.39, 0.29) is 12.4 Å². The Hall–Kier alpha value is -0.130. The lowest BCUT2D eigenvalue weighted by molar-refractivity contribution is -0.468. The number of halogens is 1. The van der Waals surface area contributed by atoms with Crippen LogP contribution in [0.2, 0.25) is 0 Å². The fourth-order valence-corrected chi connectivity index (χ4v) is 0.395. The van der Waals surface area contributed by atoms with E-state index < -0.39 is 0 Å². The van der Waals surface area contributed by atoms with Gasteiger partial charge in [0.25, 0.3) is 0 Å². The molecule has 0 amide bonds. The number of hydrogen-bond donors (Lipinski definition) is 4. The molecule has 0 rings (SSSR count).